The topological polar surface area (TPSA) is 17.1 Å². The highest BCUT2D eigenvalue weighted by atomic mass is 19.4. The van der Waals surface area contributed by atoms with E-state index in [1.165, 1.54) is 12.2 Å². The van der Waals surface area contributed by atoms with Crippen molar-refractivity contribution in [3.63, 3.8) is 0 Å². The van der Waals surface area contributed by atoms with E-state index in [2.05, 4.69) is 0 Å². The first-order valence-electron chi connectivity index (χ1n) is 4.72. The molecule has 4 heteroatoms. The standard InChI is InChI=1S/C12H11F3O/c1-9-6-10(4-2-3-5-16)8-11(7-9)12(13,14)15/h2,4-8H,3H2,1H3. The van der Waals surface area contributed by atoms with E-state index >= 15 is 0 Å². The predicted octanol–water partition coefficient (Wildman–Crippen LogP) is 3.62. The van der Waals surface area contributed by atoms with E-state index in [4.69, 9.17) is 0 Å². The van der Waals surface area contributed by atoms with E-state index in [9.17, 15) is 18.0 Å². The Kier molecular flexibility index (Phi) is 3.88. The maximum Gasteiger partial charge on any atom is 0.416 e. The van der Waals surface area contributed by atoms with Crippen molar-refractivity contribution in [2.75, 3.05) is 0 Å². The predicted molar refractivity (Wildman–Crippen MR) is 55.9 cm³/mol. The van der Waals surface area contributed by atoms with Crippen LogP contribution in [0.1, 0.15) is 23.1 Å². The number of rotatable bonds is 3. The van der Waals surface area contributed by atoms with Crippen molar-refractivity contribution >= 4 is 12.4 Å². The van der Waals surface area contributed by atoms with Gasteiger partial charge in [0, 0.05) is 6.42 Å². The molecule has 1 aromatic carbocycles. The highest BCUT2D eigenvalue weighted by Crippen LogP contribution is 2.30. The second kappa shape index (κ2) is 4.96. The van der Waals surface area contributed by atoms with Gasteiger partial charge >= 0.3 is 6.18 Å². The van der Waals surface area contributed by atoms with Crippen LogP contribution in [0.4, 0.5) is 13.2 Å². The summed E-state index contributed by atoms with van der Waals surface area (Å²) in [5, 5.41) is 0. The molecule has 16 heavy (non-hydrogen) atoms. The molecule has 0 aromatic heterocycles. The quantitative estimate of drug-likeness (QED) is 0.722. The van der Waals surface area contributed by atoms with Crippen LogP contribution < -0.4 is 0 Å². The summed E-state index contributed by atoms with van der Waals surface area (Å²) in [7, 11) is 0. The Bertz CT molecular complexity index is 405. The number of aldehydes is 1. The number of hydrogen-bond acceptors (Lipinski definition) is 1. The van der Waals surface area contributed by atoms with Gasteiger partial charge in [-0.15, -0.1) is 0 Å². The molecule has 1 nitrogen and oxygen atoms in total. The third-order valence-corrected chi connectivity index (χ3v) is 1.97. The summed E-state index contributed by atoms with van der Waals surface area (Å²) in [6.07, 6.45) is -0.399. The van der Waals surface area contributed by atoms with E-state index in [1.807, 2.05) is 0 Å². The minimum atomic E-state index is -4.33. The summed E-state index contributed by atoms with van der Waals surface area (Å²) < 4.78 is 37.4. The summed E-state index contributed by atoms with van der Waals surface area (Å²) in [4.78, 5) is 10.1. The number of carbonyl (C=O) groups excluding carboxylic acids is 1. The third-order valence-electron chi connectivity index (χ3n) is 1.97. The molecule has 0 bridgehead atoms. The van der Waals surface area contributed by atoms with Gasteiger partial charge in [-0.2, -0.15) is 13.2 Å². The van der Waals surface area contributed by atoms with E-state index in [0.29, 0.717) is 17.4 Å². The van der Waals surface area contributed by atoms with Crippen molar-refractivity contribution in [2.45, 2.75) is 19.5 Å². The van der Waals surface area contributed by atoms with E-state index < -0.39 is 11.7 Å². The molecule has 0 radical (unpaired) electrons. The van der Waals surface area contributed by atoms with Gasteiger partial charge in [-0.3, -0.25) is 0 Å². The van der Waals surface area contributed by atoms with E-state index in [-0.39, 0.29) is 6.42 Å². The van der Waals surface area contributed by atoms with Crippen LogP contribution in [-0.4, -0.2) is 6.29 Å². The summed E-state index contributed by atoms with van der Waals surface area (Å²) in [6.45, 7) is 1.60. The molecule has 0 aliphatic rings. The Hall–Kier alpha value is -1.58. The highest BCUT2D eigenvalue weighted by molar-refractivity contribution is 5.58. The largest absolute Gasteiger partial charge is 0.416 e. The van der Waals surface area contributed by atoms with Gasteiger partial charge in [0.25, 0.3) is 0 Å². The van der Waals surface area contributed by atoms with Gasteiger partial charge in [0.15, 0.2) is 0 Å². The van der Waals surface area contributed by atoms with Gasteiger partial charge in [-0.1, -0.05) is 18.2 Å². The summed E-state index contributed by atoms with van der Waals surface area (Å²) in [6, 6.07) is 3.79. The first-order valence-corrected chi connectivity index (χ1v) is 4.72. The third kappa shape index (κ3) is 3.53. The maximum absolute atomic E-state index is 12.5. The lowest BCUT2D eigenvalue weighted by Crippen LogP contribution is -2.05. The van der Waals surface area contributed by atoms with E-state index in [1.54, 1.807) is 13.0 Å². The average molecular weight is 228 g/mol. The highest BCUT2D eigenvalue weighted by Gasteiger charge is 2.30. The smallest absolute Gasteiger partial charge is 0.303 e. The number of halogens is 3. The van der Waals surface area contributed by atoms with Gasteiger partial charge in [-0.05, 0) is 30.2 Å². The first-order chi connectivity index (χ1) is 7.43. The van der Waals surface area contributed by atoms with Crippen molar-refractivity contribution in [1.82, 2.24) is 0 Å². The monoisotopic (exact) mass is 228 g/mol. The number of benzene rings is 1. The molecular weight excluding hydrogens is 217 g/mol. The zero-order chi connectivity index (χ0) is 12.2. The summed E-state index contributed by atoms with van der Waals surface area (Å²) in [5.74, 6) is 0. The van der Waals surface area contributed by atoms with Crippen molar-refractivity contribution < 1.29 is 18.0 Å². The van der Waals surface area contributed by atoms with Gasteiger partial charge in [-0.25, -0.2) is 0 Å². The molecule has 0 saturated heterocycles. The zero-order valence-electron chi connectivity index (χ0n) is 8.71. The molecule has 0 aliphatic carbocycles. The Labute approximate surface area is 91.6 Å². The van der Waals surface area contributed by atoms with Crippen LogP contribution in [0.25, 0.3) is 6.08 Å². The van der Waals surface area contributed by atoms with Gasteiger partial charge in [0.1, 0.15) is 6.29 Å². The van der Waals surface area contributed by atoms with Gasteiger partial charge in [0.05, 0.1) is 5.56 Å². The molecule has 0 spiro atoms. The molecule has 0 aliphatic heterocycles. The summed E-state index contributed by atoms with van der Waals surface area (Å²) >= 11 is 0. The van der Waals surface area contributed by atoms with Crippen LogP contribution in [0.2, 0.25) is 0 Å². The minimum absolute atomic E-state index is 0.204. The molecule has 0 unspecified atom stereocenters. The van der Waals surface area contributed by atoms with Crippen LogP contribution in [0.3, 0.4) is 0 Å². The molecule has 0 fully saturated rings. The van der Waals surface area contributed by atoms with Crippen molar-refractivity contribution in [2.24, 2.45) is 0 Å². The molecule has 1 aromatic rings. The Morgan fingerprint density at radius 1 is 1.25 bits per heavy atom. The fourth-order valence-corrected chi connectivity index (χ4v) is 1.33. The molecule has 0 saturated carbocycles. The van der Waals surface area contributed by atoms with Gasteiger partial charge < -0.3 is 4.79 Å². The lowest BCUT2D eigenvalue weighted by molar-refractivity contribution is -0.137. The second-order valence-corrected chi connectivity index (χ2v) is 3.43. The van der Waals surface area contributed by atoms with Crippen molar-refractivity contribution in [3.05, 3.63) is 41.0 Å². The Balaban J connectivity index is 3.03. The molecule has 86 valence electrons. The van der Waals surface area contributed by atoms with Crippen LogP contribution in [0.15, 0.2) is 24.3 Å². The number of alkyl halides is 3. The molecule has 0 atom stereocenters. The lowest BCUT2D eigenvalue weighted by atomic mass is 10.1. The van der Waals surface area contributed by atoms with Crippen LogP contribution in [0, 0.1) is 6.92 Å². The van der Waals surface area contributed by atoms with E-state index in [0.717, 1.165) is 12.1 Å². The fourth-order valence-electron chi connectivity index (χ4n) is 1.33. The van der Waals surface area contributed by atoms with Crippen LogP contribution in [0.5, 0.6) is 0 Å². The molecular formula is C12H11F3O. The minimum Gasteiger partial charge on any atom is -0.303 e. The van der Waals surface area contributed by atoms with Crippen LogP contribution >= 0.6 is 0 Å². The SMILES string of the molecule is Cc1cc(C=CCC=O)cc(C(F)(F)F)c1. The number of hydrogen-bond donors (Lipinski definition) is 0. The molecule has 0 N–H and O–H groups in total. The summed E-state index contributed by atoms with van der Waals surface area (Å²) in [5.41, 5.74) is 0.327. The Morgan fingerprint density at radius 2 is 1.94 bits per heavy atom. The lowest BCUT2D eigenvalue weighted by Gasteiger charge is -2.08. The average Bonchev–Trinajstić information content (AvgIpc) is 2.16. The normalized spacial score (nSPS) is 12.0. The molecule has 1 rings (SSSR count). The Morgan fingerprint density at radius 3 is 2.50 bits per heavy atom. The van der Waals surface area contributed by atoms with Gasteiger partial charge in [0.2, 0.25) is 0 Å². The molecule has 0 amide bonds. The molecule has 0 heterocycles. The zero-order valence-corrected chi connectivity index (χ0v) is 8.71. The number of carbonyl (C=O) groups is 1. The van der Waals surface area contributed by atoms with Crippen molar-refractivity contribution in [3.8, 4) is 0 Å². The fraction of sp³-hybridized carbons (Fsp3) is 0.250. The number of aryl methyl sites for hydroxylation is 1. The number of allylic oxidation sites excluding steroid dienone is 1. The van der Waals surface area contributed by atoms with Crippen molar-refractivity contribution in [1.29, 1.82) is 0 Å². The second-order valence-electron chi connectivity index (χ2n) is 3.43. The maximum atomic E-state index is 12.5. The first kappa shape index (κ1) is 12.5. The van der Waals surface area contributed by atoms with Crippen LogP contribution in [-0.2, 0) is 11.0 Å².